The molecule has 3 N–H and O–H groups in total. The van der Waals surface area contributed by atoms with Crippen molar-refractivity contribution in [3.8, 4) is 0 Å². The van der Waals surface area contributed by atoms with Crippen molar-refractivity contribution in [2.75, 3.05) is 5.32 Å². The number of rotatable bonds is 5. The molecule has 2 saturated carbocycles. The van der Waals surface area contributed by atoms with Crippen LogP contribution in [0, 0.1) is 5.92 Å². The number of amides is 2. The van der Waals surface area contributed by atoms with Gasteiger partial charge in [-0.2, -0.15) is 0 Å². The van der Waals surface area contributed by atoms with Crippen LogP contribution in [0.2, 0.25) is 0 Å². The van der Waals surface area contributed by atoms with E-state index in [2.05, 4.69) is 5.32 Å². The molecule has 142 valence electrons. The number of carbonyl (C=O) groups is 2. The van der Waals surface area contributed by atoms with Gasteiger partial charge in [-0.3, -0.25) is 9.59 Å². The lowest BCUT2D eigenvalue weighted by Crippen LogP contribution is -2.50. The monoisotopic (exact) mass is 357 g/mol. The van der Waals surface area contributed by atoms with E-state index in [9.17, 15) is 9.59 Å². The molecule has 5 nitrogen and oxygen atoms in total. The molecule has 5 heteroatoms. The highest BCUT2D eigenvalue weighted by molar-refractivity contribution is 5.92. The van der Waals surface area contributed by atoms with Gasteiger partial charge in [-0.05, 0) is 43.4 Å². The number of hydrogen-bond acceptors (Lipinski definition) is 3. The van der Waals surface area contributed by atoms with Crippen LogP contribution in [0.15, 0.2) is 24.3 Å². The Labute approximate surface area is 156 Å². The van der Waals surface area contributed by atoms with Crippen molar-refractivity contribution in [3.63, 3.8) is 0 Å². The van der Waals surface area contributed by atoms with Crippen molar-refractivity contribution in [2.45, 2.75) is 76.9 Å². The lowest BCUT2D eigenvalue weighted by atomic mass is 9.89. The maximum absolute atomic E-state index is 12.4. The first-order valence-corrected chi connectivity index (χ1v) is 9.97. The Hall–Kier alpha value is -1.88. The number of carbonyl (C=O) groups excluding carboxylic acids is 2. The van der Waals surface area contributed by atoms with Gasteiger partial charge in [0.15, 0.2) is 0 Å². The first kappa shape index (κ1) is 18.9. The fourth-order valence-electron chi connectivity index (χ4n) is 4.37. The molecule has 0 aromatic heterocycles. The van der Waals surface area contributed by atoms with Gasteiger partial charge in [0.2, 0.25) is 11.8 Å². The SMILES string of the molecule is CC(=O)N(Cc1cccc(NC(=O)C2CCCC2)c1)C1CCCCC1N. The Balaban J connectivity index is 1.67. The normalized spacial score (nSPS) is 23.6. The third-order valence-electron chi connectivity index (χ3n) is 5.86. The number of anilines is 1. The molecule has 2 aliphatic rings. The van der Waals surface area contributed by atoms with Crippen LogP contribution in [0.25, 0.3) is 0 Å². The van der Waals surface area contributed by atoms with Crippen LogP contribution in [-0.2, 0) is 16.1 Å². The van der Waals surface area contributed by atoms with E-state index in [1.807, 2.05) is 29.2 Å². The van der Waals surface area contributed by atoms with Crippen LogP contribution in [-0.4, -0.2) is 28.8 Å². The smallest absolute Gasteiger partial charge is 0.227 e. The zero-order valence-corrected chi connectivity index (χ0v) is 15.7. The highest BCUT2D eigenvalue weighted by Crippen LogP contribution is 2.27. The van der Waals surface area contributed by atoms with Crippen molar-refractivity contribution in [3.05, 3.63) is 29.8 Å². The van der Waals surface area contributed by atoms with Gasteiger partial charge in [0, 0.05) is 37.2 Å². The largest absolute Gasteiger partial charge is 0.334 e. The number of hydrogen-bond donors (Lipinski definition) is 2. The summed E-state index contributed by atoms with van der Waals surface area (Å²) in [4.78, 5) is 26.5. The van der Waals surface area contributed by atoms with E-state index >= 15 is 0 Å². The molecule has 0 radical (unpaired) electrons. The van der Waals surface area contributed by atoms with Gasteiger partial charge in [-0.15, -0.1) is 0 Å². The fourth-order valence-corrected chi connectivity index (χ4v) is 4.37. The molecular formula is C21H31N3O2. The quantitative estimate of drug-likeness (QED) is 0.848. The van der Waals surface area contributed by atoms with Crippen LogP contribution in [0.5, 0.6) is 0 Å². The first-order chi connectivity index (χ1) is 12.5. The minimum absolute atomic E-state index is 0.0536. The highest BCUT2D eigenvalue weighted by Gasteiger charge is 2.29. The van der Waals surface area contributed by atoms with Crippen molar-refractivity contribution in [2.24, 2.45) is 11.7 Å². The molecule has 1 aromatic carbocycles. The summed E-state index contributed by atoms with van der Waals surface area (Å²) in [7, 11) is 0. The highest BCUT2D eigenvalue weighted by atomic mass is 16.2. The van der Waals surface area contributed by atoms with Gasteiger partial charge < -0.3 is 16.0 Å². The summed E-state index contributed by atoms with van der Waals surface area (Å²) in [6, 6.07) is 8.02. The molecule has 0 heterocycles. The maximum Gasteiger partial charge on any atom is 0.227 e. The van der Waals surface area contributed by atoms with Crippen LogP contribution < -0.4 is 11.1 Å². The summed E-state index contributed by atoms with van der Waals surface area (Å²) in [6.45, 7) is 2.16. The average molecular weight is 357 g/mol. The Morgan fingerprint density at radius 1 is 1.12 bits per heavy atom. The summed E-state index contributed by atoms with van der Waals surface area (Å²) in [5.74, 6) is 0.331. The molecule has 0 aliphatic heterocycles. The third-order valence-corrected chi connectivity index (χ3v) is 5.86. The summed E-state index contributed by atoms with van der Waals surface area (Å²) in [5.41, 5.74) is 8.13. The van der Waals surface area contributed by atoms with Gasteiger partial charge in [-0.25, -0.2) is 0 Å². The number of benzene rings is 1. The average Bonchev–Trinajstić information content (AvgIpc) is 3.15. The van der Waals surface area contributed by atoms with Gasteiger partial charge in [0.05, 0.1) is 0 Å². The standard InChI is InChI=1S/C21H31N3O2/c1-15(25)24(20-12-5-4-11-19(20)22)14-16-7-6-10-18(13-16)23-21(26)17-8-2-3-9-17/h6-7,10,13,17,19-20H,2-5,8-9,11-12,14,22H2,1H3,(H,23,26). The summed E-state index contributed by atoms with van der Waals surface area (Å²) in [5, 5.41) is 3.05. The zero-order valence-electron chi connectivity index (χ0n) is 15.7. The Bertz CT molecular complexity index is 640. The van der Waals surface area contributed by atoms with Crippen molar-refractivity contribution >= 4 is 17.5 Å². The van der Waals surface area contributed by atoms with E-state index < -0.39 is 0 Å². The summed E-state index contributed by atoms with van der Waals surface area (Å²) in [6.07, 6.45) is 8.49. The molecule has 2 unspecified atom stereocenters. The first-order valence-electron chi connectivity index (χ1n) is 9.97. The third kappa shape index (κ3) is 4.64. The molecule has 2 amide bonds. The fraction of sp³-hybridized carbons (Fsp3) is 0.619. The molecule has 0 bridgehead atoms. The predicted octanol–water partition coefficient (Wildman–Crippen LogP) is 3.43. The van der Waals surface area contributed by atoms with Crippen LogP contribution in [0.1, 0.15) is 63.9 Å². The lowest BCUT2D eigenvalue weighted by molar-refractivity contribution is -0.133. The molecule has 3 rings (SSSR count). The van der Waals surface area contributed by atoms with E-state index in [0.29, 0.717) is 6.54 Å². The predicted molar refractivity (Wildman–Crippen MR) is 103 cm³/mol. The van der Waals surface area contributed by atoms with E-state index in [0.717, 1.165) is 62.6 Å². The molecule has 0 saturated heterocycles. The Morgan fingerprint density at radius 3 is 2.50 bits per heavy atom. The topological polar surface area (TPSA) is 75.4 Å². The number of nitrogens with two attached hydrogens (primary N) is 1. The molecule has 2 atom stereocenters. The molecule has 2 aliphatic carbocycles. The maximum atomic E-state index is 12.4. The van der Waals surface area contributed by atoms with Gasteiger partial charge in [0.25, 0.3) is 0 Å². The minimum atomic E-state index is 0.0536. The zero-order chi connectivity index (χ0) is 18.5. The second-order valence-corrected chi connectivity index (χ2v) is 7.83. The number of nitrogens with one attached hydrogen (secondary N) is 1. The minimum Gasteiger partial charge on any atom is -0.334 e. The van der Waals surface area contributed by atoms with Gasteiger partial charge in [-0.1, -0.05) is 37.8 Å². The van der Waals surface area contributed by atoms with E-state index in [-0.39, 0.29) is 29.8 Å². The Morgan fingerprint density at radius 2 is 1.81 bits per heavy atom. The second-order valence-electron chi connectivity index (χ2n) is 7.83. The summed E-state index contributed by atoms with van der Waals surface area (Å²) >= 11 is 0. The van der Waals surface area contributed by atoms with E-state index in [4.69, 9.17) is 5.73 Å². The van der Waals surface area contributed by atoms with Crippen LogP contribution in [0.3, 0.4) is 0 Å². The van der Waals surface area contributed by atoms with Crippen LogP contribution in [0.4, 0.5) is 5.69 Å². The molecular weight excluding hydrogens is 326 g/mol. The van der Waals surface area contributed by atoms with Crippen molar-refractivity contribution < 1.29 is 9.59 Å². The lowest BCUT2D eigenvalue weighted by Gasteiger charge is -2.38. The summed E-state index contributed by atoms with van der Waals surface area (Å²) < 4.78 is 0. The molecule has 1 aromatic rings. The molecule has 26 heavy (non-hydrogen) atoms. The van der Waals surface area contributed by atoms with Crippen molar-refractivity contribution in [1.82, 2.24) is 4.90 Å². The number of nitrogens with zero attached hydrogens (tertiary/aromatic N) is 1. The van der Waals surface area contributed by atoms with Gasteiger partial charge in [0.1, 0.15) is 0 Å². The van der Waals surface area contributed by atoms with Crippen molar-refractivity contribution in [1.29, 1.82) is 0 Å². The van der Waals surface area contributed by atoms with E-state index in [1.54, 1.807) is 6.92 Å². The second kappa shape index (κ2) is 8.67. The van der Waals surface area contributed by atoms with Crippen LogP contribution >= 0.6 is 0 Å². The van der Waals surface area contributed by atoms with Gasteiger partial charge >= 0.3 is 0 Å². The molecule has 0 spiro atoms. The van der Waals surface area contributed by atoms with E-state index in [1.165, 1.54) is 0 Å². The Kier molecular flexibility index (Phi) is 6.30. The molecule has 2 fully saturated rings.